The van der Waals surface area contributed by atoms with Crippen LogP contribution < -0.4 is 5.32 Å². The van der Waals surface area contributed by atoms with E-state index in [2.05, 4.69) is 55.4 Å². The molecule has 0 radical (unpaired) electrons. The molecule has 1 aliphatic rings. The van der Waals surface area contributed by atoms with Crippen molar-refractivity contribution < 1.29 is 10.1 Å². The van der Waals surface area contributed by atoms with Crippen LogP contribution >= 0.6 is 11.8 Å². The molecule has 0 bridgehead atoms. The predicted octanol–water partition coefficient (Wildman–Crippen LogP) is 1.93. The van der Waals surface area contributed by atoms with Crippen LogP contribution in [-0.2, 0) is 4.79 Å². The molecule has 2 rings (SSSR count). The van der Waals surface area contributed by atoms with Crippen molar-refractivity contribution >= 4 is 17.7 Å². The lowest BCUT2D eigenvalue weighted by molar-refractivity contribution is -0.627. The number of aryl methyl sites for hydroxylation is 1. The number of rotatable bonds is 6. The summed E-state index contributed by atoms with van der Waals surface area (Å²) in [4.78, 5) is 14.6. The van der Waals surface area contributed by atoms with Crippen LogP contribution in [0.5, 0.6) is 0 Å². The summed E-state index contributed by atoms with van der Waals surface area (Å²) in [7, 11) is 2.08. The maximum absolute atomic E-state index is 12.5. The van der Waals surface area contributed by atoms with E-state index in [-0.39, 0.29) is 10.6 Å². The first-order valence-electron chi connectivity index (χ1n) is 7.47. The van der Waals surface area contributed by atoms with Gasteiger partial charge in [0.1, 0.15) is 5.37 Å². The van der Waals surface area contributed by atoms with Crippen molar-refractivity contribution in [3.63, 3.8) is 0 Å². The molecule has 1 aromatic rings. The van der Waals surface area contributed by atoms with E-state index in [1.54, 1.807) is 0 Å². The number of hydrogen-bond acceptors (Lipinski definition) is 2. The van der Waals surface area contributed by atoms with Crippen molar-refractivity contribution in [1.82, 2.24) is 4.90 Å². The van der Waals surface area contributed by atoms with E-state index >= 15 is 0 Å². The lowest BCUT2D eigenvalue weighted by Gasteiger charge is -2.24. The summed E-state index contributed by atoms with van der Waals surface area (Å²) in [5, 5.41) is 2.50. The number of nitrogens with two attached hydrogens (primary N) is 1. The van der Waals surface area contributed by atoms with Gasteiger partial charge in [0.25, 0.3) is 0 Å². The average Bonchev–Trinajstić information content (AvgIpc) is 2.77. The quantitative estimate of drug-likeness (QED) is 0.814. The Balaban J connectivity index is 2.15. The molecule has 1 saturated heterocycles. The molecule has 1 heterocycles. The Labute approximate surface area is 126 Å². The summed E-state index contributed by atoms with van der Waals surface area (Å²) < 4.78 is 0. The molecule has 1 amide bonds. The molecular weight excluding hydrogens is 268 g/mol. The fourth-order valence-corrected chi connectivity index (χ4v) is 3.97. The Hall–Kier alpha value is -1.00. The lowest BCUT2D eigenvalue weighted by atomic mass is 10.1. The molecule has 1 fully saturated rings. The van der Waals surface area contributed by atoms with Crippen LogP contribution in [0.1, 0.15) is 36.3 Å². The van der Waals surface area contributed by atoms with Gasteiger partial charge in [-0.3, -0.25) is 4.79 Å². The normalized spacial score (nSPS) is 22.6. The number of carbonyl (C=O) groups excluding carboxylic acids is 1. The van der Waals surface area contributed by atoms with Crippen LogP contribution in [0.25, 0.3) is 0 Å². The van der Waals surface area contributed by atoms with Gasteiger partial charge in [0.05, 0.1) is 18.8 Å². The minimum absolute atomic E-state index is 0.131. The minimum atomic E-state index is 0.131. The fraction of sp³-hybridized carbons (Fsp3) is 0.562. The van der Waals surface area contributed by atoms with Gasteiger partial charge in [0, 0.05) is 13.0 Å². The Bertz CT molecular complexity index is 446. The van der Waals surface area contributed by atoms with Crippen LogP contribution in [0.15, 0.2) is 24.3 Å². The largest absolute Gasteiger partial charge is 0.349 e. The lowest BCUT2D eigenvalue weighted by Crippen LogP contribution is -2.79. The van der Waals surface area contributed by atoms with Crippen LogP contribution in [0.3, 0.4) is 0 Å². The zero-order valence-electron chi connectivity index (χ0n) is 12.6. The van der Waals surface area contributed by atoms with Gasteiger partial charge in [-0.25, -0.2) is 0 Å². The van der Waals surface area contributed by atoms with Crippen molar-refractivity contribution in [2.24, 2.45) is 0 Å². The Kier molecular flexibility index (Phi) is 5.49. The standard InChI is InChI=1S/C16H24N2OS/c1-4-14-15(19)18(11-5-10-17-3)16(20-14)13-8-6-12(2)7-9-13/h6-9,14,16-17H,4-5,10-11H2,1-3H3/p+1/t14-,16+/m0/s1. The third kappa shape index (κ3) is 3.36. The Morgan fingerprint density at radius 2 is 2.00 bits per heavy atom. The second kappa shape index (κ2) is 7.14. The topological polar surface area (TPSA) is 36.9 Å². The van der Waals surface area contributed by atoms with Gasteiger partial charge in [0.2, 0.25) is 5.91 Å². The van der Waals surface area contributed by atoms with E-state index < -0.39 is 0 Å². The molecule has 0 aromatic heterocycles. The molecule has 3 nitrogen and oxygen atoms in total. The molecule has 0 spiro atoms. The highest BCUT2D eigenvalue weighted by molar-refractivity contribution is 8.01. The van der Waals surface area contributed by atoms with Crippen molar-refractivity contribution in [1.29, 1.82) is 0 Å². The number of nitrogens with zero attached hydrogens (tertiary/aromatic N) is 1. The highest BCUT2D eigenvalue weighted by Crippen LogP contribution is 2.44. The van der Waals surface area contributed by atoms with E-state index in [1.165, 1.54) is 11.1 Å². The van der Waals surface area contributed by atoms with E-state index in [1.807, 2.05) is 11.8 Å². The average molecular weight is 293 g/mol. The van der Waals surface area contributed by atoms with Crippen molar-refractivity contribution in [3.8, 4) is 0 Å². The molecule has 2 atom stereocenters. The van der Waals surface area contributed by atoms with Gasteiger partial charge < -0.3 is 10.2 Å². The fourth-order valence-electron chi connectivity index (χ4n) is 2.54. The highest BCUT2D eigenvalue weighted by atomic mass is 32.2. The zero-order valence-corrected chi connectivity index (χ0v) is 13.5. The first-order chi connectivity index (χ1) is 9.67. The summed E-state index contributed by atoms with van der Waals surface area (Å²) in [5.41, 5.74) is 2.52. The smallest absolute Gasteiger partial charge is 0.236 e. The van der Waals surface area contributed by atoms with Gasteiger partial charge in [-0.05, 0) is 18.9 Å². The second-order valence-electron chi connectivity index (χ2n) is 5.38. The second-order valence-corrected chi connectivity index (χ2v) is 6.67. The van der Waals surface area contributed by atoms with Crippen LogP contribution in [-0.4, -0.2) is 36.2 Å². The molecule has 20 heavy (non-hydrogen) atoms. The molecule has 0 aliphatic carbocycles. The predicted molar refractivity (Wildman–Crippen MR) is 84.6 cm³/mol. The number of thioether (sulfide) groups is 1. The van der Waals surface area contributed by atoms with Gasteiger partial charge >= 0.3 is 0 Å². The zero-order chi connectivity index (χ0) is 14.5. The monoisotopic (exact) mass is 293 g/mol. The van der Waals surface area contributed by atoms with Gasteiger partial charge in [-0.2, -0.15) is 0 Å². The third-order valence-electron chi connectivity index (χ3n) is 3.76. The van der Waals surface area contributed by atoms with Gasteiger partial charge in [0.15, 0.2) is 0 Å². The Morgan fingerprint density at radius 3 is 2.60 bits per heavy atom. The number of benzene rings is 1. The molecule has 0 saturated carbocycles. The first-order valence-corrected chi connectivity index (χ1v) is 8.42. The number of quaternary nitrogens is 1. The molecule has 110 valence electrons. The number of hydrogen-bond donors (Lipinski definition) is 1. The summed E-state index contributed by atoms with van der Waals surface area (Å²) in [5.74, 6) is 0.319. The van der Waals surface area contributed by atoms with E-state index in [0.29, 0.717) is 5.91 Å². The van der Waals surface area contributed by atoms with Crippen LogP contribution in [0, 0.1) is 6.92 Å². The summed E-state index contributed by atoms with van der Waals surface area (Å²) in [6.07, 6.45) is 1.98. The molecule has 1 aliphatic heterocycles. The molecule has 0 unspecified atom stereocenters. The van der Waals surface area contributed by atoms with E-state index in [0.717, 1.165) is 25.9 Å². The SMILES string of the molecule is CC[C@@H]1S[C@H](c2ccc(C)cc2)N(CCC[NH2+]C)C1=O. The van der Waals surface area contributed by atoms with Gasteiger partial charge in [-0.1, -0.05) is 36.8 Å². The summed E-state index contributed by atoms with van der Waals surface area (Å²) >= 11 is 1.81. The van der Waals surface area contributed by atoms with Crippen molar-refractivity contribution in [2.75, 3.05) is 20.1 Å². The number of amides is 1. The first kappa shape index (κ1) is 15.4. The molecule has 2 N–H and O–H groups in total. The van der Waals surface area contributed by atoms with E-state index in [9.17, 15) is 4.79 Å². The third-order valence-corrected chi connectivity index (χ3v) is 5.41. The molecule has 1 aromatic carbocycles. The Morgan fingerprint density at radius 1 is 1.30 bits per heavy atom. The number of carbonyl (C=O) groups is 1. The van der Waals surface area contributed by atoms with E-state index in [4.69, 9.17) is 0 Å². The molecule has 4 heteroatoms. The summed E-state index contributed by atoms with van der Waals surface area (Å²) in [6, 6.07) is 8.60. The maximum atomic E-state index is 12.5. The summed E-state index contributed by atoms with van der Waals surface area (Å²) in [6.45, 7) is 6.14. The van der Waals surface area contributed by atoms with Crippen molar-refractivity contribution in [2.45, 2.75) is 37.3 Å². The van der Waals surface area contributed by atoms with Crippen LogP contribution in [0.2, 0.25) is 0 Å². The molecular formula is C16H25N2OS+. The van der Waals surface area contributed by atoms with Crippen molar-refractivity contribution in [3.05, 3.63) is 35.4 Å². The van der Waals surface area contributed by atoms with Crippen LogP contribution in [0.4, 0.5) is 0 Å². The maximum Gasteiger partial charge on any atom is 0.236 e. The highest BCUT2D eigenvalue weighted by Gasteiger charge is 2.39. The van der Waals surface area contributed by atoms with Gasteiger partial charge in [-0.15, -0.1) is 11.8 Å². The minimum Gasteiger partial charge on any atom is -0.349 e.